The third-order valence-electron chi connectivity index (χ3n) is 5.28. The van der Waals surface area contributed by atoms with E-state index in [1.807, 2.05) is 11.3 Å². The first-order valence-electron chi connectivity index (χ1n) is 10.0. The van der Waals surface area contributed by atoms with E-state index in [-0.39, 0.29) is 0 Å². The van der Waals surface area contributed by atoms with Crippen LogP contribution in [0.3, 0.4) is 0 Å². The molecule has 0 aliphatic carbocycles. The maximum Gasteiger partial charge on any atom is 0.270 e. The molecule has 1 aromatic heterocycles. The van der Waals surface area contributed by atoms with E-state index in [9.17, 15) is 0 Å². The maximum absolute atomic E-state index is 2.47. The molecule has 142 valence electrons. The lowest BCUT2D eigenvalue weighted by Crippen LogP contribution is -2.35. The van der Waals surface area contributed by atoms with Gasteiger partial charge in [-0.1, -0.05) is 47.7 Å². The number of hydrogen-bond acceptors (Lipinski definition) is 2. The molecule has 0 atom stereocenters. The van der Waals surface area contributed by atoms with Gasteiger partial charge < -0.3 is 4.90 Å². The van der Waals surface area contributed by atoms with Gasteiger partial charge in [0.15, 0.2) is 6.54 Å². The highest BCUT2D eigenvalue weighted by Gasteiger charge is 2.22. The van der Waals surface area contributed by atoms with E-state index >= 15 is 0 Å². The number of thiazole rings is 1. The number of hydrogen-bond donors (Lipinski definition) is 0. The van der Waals surface area contributed by atoms with Crippen molar-refractivity contribution >= 4 is 27.2 Å². The van der Waals surface area contributed by atoms with Gasteiger partial charge in [0.05, 0.1) is 5.56 Å². The molecule has 0 saturated carbocycles. The highest BCUT2D eigenvalue weighted by atomic mass is 32.1. The average Bonchev–Trinajstić information content (AvgIpc) is 3.08. The Bertz CT molecular complexity index is 1060. The van der Waals surface area contributed by atoms with Crippen molar-refractivity contribution in [3.05, 3.63) is 83.9 Å². The quantitative estimate of drug-likeness (QED) is 0.365. The van der Waals surface area contributed by atoms with Gasteiger partial charge in [-0.2, -0.15) is 4.57 Å². The predicted molar refractivity (Wildman–Crippen MR) is 121 cm³/mol. The van der Waals surface area contributed by atoms with Crippen LogP contribution in [0, 0.1) is 6.92 Å². The normalized spacial score (nSPS) is 11.1. The van der Waals surface area contributed by atoms with Crippen molar-refractivity contribution in [1.29, 1.82) is 0 Å². The topological polar surface area (TPSA) is 7.12 Å². The van der Waals surface area contributed by atoms with Gasteiger partial charge in [0.1, 0.15) is 4.70 Å². The van der Waals surface area contributed by atoms with E-state index in [0.29, 0.717) is 0 Å². The van der Waals surface area contributed by atoms with Gasteiger partial charge in [-0.3, -0.25) is 0 Å². The molecule has 1 heterocycles. The molecule has 28 heavy (non-hydrogen) atoms. The molecule has 0 fully saturated rings. The van der Waals surface area contributed by atoms with E-state index in [1.165, 1.54) is 37.6 Å². The number of benzene rings is 3. The number of aromatic nitrogens is 1. The molecule has 0 saturated heterocycles. The highest BCUT2D eigenvalue weighted by molar-refractivity contribution is 7.21. The first-order valence-corrected chi connectivity index (χ1v) is 10.8. The third-order valence-corrected chi connectivity index (χ3v) is 6.50. The van der Waals surface area contributed by atoms with Crippen molar-refractivity contribution in [3.8, 4) is 10.6 Å². The Morgan fingerprint density at radius 2 is 1.57 bits per heavy atom. The van der Waals surface area contributed by atoms with Crippen LogP contribution in [0.15, 0.2) is 72.8 Å². The lowest BCUT2D eigenvalue weighted by Gasteiger charge is -2.20. The van der Waals surface area contributed by atoms with Gasteiger partial charge >= 0.3 is 0 Å². The Morgan fingerprint density at radius 3 is 2.25 bits per heavy atom. The lowest BCUT2D eigenvalue weighted by molar-refractivity contribution is -0.647. The SMILES string of the molecule is CCN(CC)c1ccc(-c2sc3ccc(C)cc3[n+]2Cc2ccccc2)cc1. The van der Waals surface area contributed by atoms with Gasteiger partial charge in [-0.25, -0.2) is 0 Å². The molecule has 3 heteroatoms. The second-order valence-electron chi connectivity index (χ2n) is 7.17. The van der Waals surface area contributed by atoms with Crippen LogP contribution in [0.4, 0.5) is 5.69 Å². The van der Waals surface area contributed by atoms with Crippen LogP contribution in [0.25, 0.3) is 20.8 Å². The third kappa shape index (κ3) is 3.67. The van der Waals surface area contributed by atoms with E-state index in [2.05, 4.69) is 103 Å². The molecule has 0 aliphatic rings. The summed E-state index contributed by atoms with van der Waals surface area (Å²) in [7, 11) is 0. The summed E-state index contributed by atoms with van der Waals surface area (Å²) in [6.07, 6.45) is 0. The Morgan fingerprint density at radius 1 is 0.857 bits per heavy atom. The second-order valence-corrected chi connectivity index (χ2v) is 8.20. The zero-order chi connectivity index (χ0) is 19.5. The Balaban J connectivity index is 1.81. The Hall–Kier alpha value is -2.65. The van der Waals surface area contributed by atoms with Gasteiger partial charge in [0, 0.05) is 30.4 Å². The fraction of sp³-hybridized carbons (Fsp3) is 0.240. The smallest absolute Gasteiger partial charge is 0.270 e. The fourth-order valence-electron chi connectivity index (χ4n) is 3.73. The molecule has 0 N–H and O–H groups in total. The number of fused-ring (bicyclic) bond motifs is 1. The van der Waals surface area contributed by atoms with Crippen LogP contribution >= 0.6 is 11.3 Å². The summed E-state index contributed by atoms with van der Waals surface area (Å²) in [5.41, 5.74) is 6.52. The van der Waals surface area contributed by atoms with Crippen molar-refractivity contribution in [2.24, 2.45) is 0 Å². The molecule has 3 aromatic carbocycles. The molecule has 0 spiro atoms. The lowest BCUT2D eigenvalue weighted by atomic mass is 10.1. The Kier molecular flexibility index (Phi) is 5.45. The van der Waals surface area contributed by atoms with Crippen molar-refractivity contribution in [1.82, 2.24) is 0 Å². The molecule has 0 radical (unpaired) electrons. The zero-order valence-electron chi connectivity index (χ0n) is 16.9. The van der Waals surface area contributed by atoms with Crippen LogP contribution < -0.4 is 9.47 Å². The summed E-state index contributed by atoms with van der Waals surface area (Å²) < 4.78 is 3.80. The van der Waals surface area contributed by atoms with Crippen LogP contribution in [0.2, 0.25) is 0 Å². The van der Waals surface area contributed by atoms with Crippen LogP contribution in [-0.4, -0.2) is 13.1 Å². The van der Waals surface area contributed by atoms with Crippen LogP contribution in [-0.2, 0) is 6.54 Å². The summed E-state index contributed by atoms with van der Waals surface area (Å²) in [5.74, 6) is 0. The summed E-state index contributed by atoms with van der Waals surface area (Å²) >= 11 is 1.88. The summed E-state index contributed by atoms with van der Waals surface area (Å²) in [6.45, 7) is 9.54. The predicted octanol–water partition coefficient (Wildman–Crippen LogP) is 6.06. The minimum absolute atomic E-state index is 0.886. The molecule has 0 unspecified atom stereocenters. The van der Waals surface area contributed by atoms with E-state index in [1.54, 1.807) is 0 Å². The molecule has 4 aromatic rings. The van der Waals surface area contributed by atoms with Crippen molar-refractivity contribution in [2.45, 2.75) is 27.3 Å². The number of nitrogens with zero attached hydrogens (tertiary/aromatic N) is 2. The summed E-state index contributed by atoms with van der Waals surface area (Å²) in [4.78, 5) is 2.39. The average molecular weight is 388 g/mol. The van der Waals surface area contributed by atoms with E-state index < -0.39 is 0 Å². The minimum atomic E-state index is 0.886. The molecule has 0 bridgehead atoms. The zero-order valence-corrected chi connectivity index (χ0v) is 17.7. The van der Waals surface area contributed by atoms with Gasteiger partial charge in [0.25, 0.3) is 5.01 Å². The standard InChI is InChI=1S/C25H27N2S/c1-4-26(5-2)22-14-12-21(13-15-22)25-27(18-20-9-7-6-8-10-20)23-17-19(3)11-16-24(23)28-25/h6-17H,4-5,18H2,1-3H3/q+1. The van der Waals surface area contributed by atoms with Crippen molar-refractivity contribution in [3.63, 3.8) is 0 Å². The summed E-state index contributed by atoms with van der Waals surface area (Å²) in [5, 5.41) is 1.32. The minimum Gasteiger partial charge on any atom is -0.372 e. The van der Waals surface area contributed by atoms with Crippen molar-refractivity contribution in [2.75, 3.05) is 18.0 Å². The van der Waals surface area contributed by atoms with E-state index in [4.69, 9.17) is 0 Å². The van der Waals surface area contributed by atoms with Crippen LogP contribution in [0.1, 0.15) is 25.0 Å². The molecular formula is C25H27N2S+. The highest BCUT2D eigenvalue weighted by Crippen LogP contribution is 2.31. The molecule has 2 nitrogen and oxygen atoms in total. The van der Waals surface area contributed by atoms with Gasteiger partial charge in [0.2, 0.25) is 5.52 Å². The molecular weight excluding hydrogens is 360 g/mol. The molecule has 4 rings (SSSR count). The number of rotatable bonds is 6. The number of aryl methyl sites for hydroxylation is 1. The number of anilines is 1. The maximum atomic E-state index is 2.47. The van der Waals surface area contributed by atoms with Crippen LogP contribution in [0.5, 0.6) is 0 Å². The van der Waals surface area contributed by atoms with Gasteiger partial charge in [-0.05, 0) is 56.7 Å². The first kappa shape index (κ1) is 18.7. The monoisotopic (exact) mass is 387 g/mol. The first-order chi connectivity index (χ1) is 13.7. The second kappa shape index (κ2) is 8.15. The summed E-state index contributed by atoms with van der Waals surface area (Å²) in [6, 6.07) is 26.6. The van der Waals surface area contributed by atoms with Gasteiger partial charge in [-0.15, -0.1) is 0 Å². The molecule has 0 aliphatic heterocycles. The fourth-order valence-corrected chi connectivity index (χ4v) is 4.88. The van der Waals surface area contributed by atoms with E-state index in [0.717, 1.165) is 19.6 Å². The molecule has 0 amide bonds. The van der Waals surface area contributed by atoms with Crippen molar-refractivity contribution < 1.29 is 4.57 Å². The largest absolute Gasteiger partial charge is 0.372 e. The Labute approximate surface area is 171 Å².